The fourth-order valence-electron chi connectivity index (χ4n) is 2.27. The number of carbonyl (C=O) groups excluding carboxylic acids is 1. The summed E-state index contributed by atoms with van der Waals surface area (Å²) in [6.07, 6.45) is 2.10. The number of hydrogen-bond donors (Lipinski definition) is 0. The molecule has 0 aromatic heterocycles. The Balaban J connectivity index is 2.06. The lowest BCUT2D eigenvalue weighted by atomic mass is 10.2. The molecule has 6 nitrogen and oxygen atoms in total. The Hall–Kier alpha value is -1.82. The third-order valence-corrected chi connectivity index (χ3v) is 3.69. The van der Waals surface area contributed by atoms with E-state index in [9.17, 15) is 14.9 Å². The molecule has 1 saturated heterocycles. The summed E-state index contributed by atoms with van der Waals surface area (Å²) >= 11 is 6.04. The van der Waals surface area contributed by atoms with Crippen molar-refractivity contribution < 1.29 is 9.72 Å². The van der Waals surface area contributed by atoms with Crippen LogP contribution in [0.2, 0.25) is 5.02 Å². The number of likely N-dealkylation sites (tertiary alicyclic amines) is 1. The molecule has 0 radical (unpaired) electrons. The maximum atomic E-state index is 12.0. The lowest BCUT2D eigenvalue weighted by Crippen LogP contribution is -2.37. The second kappa shape index (κ2) is 6.09. The van der Waals surface area contributed by atoms with E-state index in [0.29, 0.717) is 5.69 Å². The van der Waals surface area contributed by atoms with Crippen LogP contribution in [0, 0.1) is 10.1 Å². The molecule has 1 aromatic rings. The van der Waals surface area contributed by atoms with Crippen molar-refractivity contribution in [3.05, 3.63) is 33.3 Å². The van der Waals surface area contributed by atoms with E-state index in [1.54, 1.807) is 18.0 Å². The van der Waals surface area contributed by atoms with E-state index in [-0.39, 0.29) is 23.2 Å². The zero-order valence-corrected chi connectivity index (χ0v) is 12.0. The minimum atomic E-state index is -0.495. The van der Waals surface area contributed by atoms with Gasteiger partial charge in [-0.2, -0.15) is 0 Å². The van der Waals surface area contributed by atoms with Crippen molar-refractivity contribution in [2.45, 2.75) is 12.8 Å². The molecule has 108 valence electrons. The summed E-state index contributed by atoms with van der Waals surface area (Å²) in [5.74, 6) is 0.0550. The van der Waals surface area contributed by atoms with Gasteiger partial charge in [0.05, 0.1) is 22.2 Å². The number of rotatable bonds is 4. The van der Waals surface area contributed by atoms with E-state index in [4.69, 9.17) is 11.6 Å². The van der Waals surface area contributed by atoms with Gasteiger partial charge in [0.15, 0.2) is 0 Å². The largest absolute Gasteiger partial charge is 0.364 e. The molecule has 2 rings (SSSR count). The second-order valence-electron chi connectivity index (χ2n) is 4.84. The van der Waals surface area contributed by atoms with Gasteiger partial charge >= 0.3 is 0 Å². The van der Waals surface area contributed by atoms with Crippen LogP contribution in [0.1, 0.15) is 12.8 Å². The van der Waals surface area contributed by atoms with Crippen molar-refractivity contribution in [1.82, 2.24) is 4.90 Å². The highest BCUT2D eigenvalue weighted by Gasteiger charge is 2.20. The molecule has 1 fully saturated rings. The standard InChI is InChI=1S/C13H16ClN3O3/c1-15(9-13(18)16-6-2-3-7-16)12-5-4-10(17(19)20)8-11(12)14/h4-5,8H,2-3,6-7,9H2,1H3. The average molecular weight is 298 g/mol. The number of non-ortho nitro benzene ring substituents is 1. The third-order valence-electron chi connectivity index (χ3n) is 3.38. The van der Waals surface area contributed by atoms with Crippen molar-refractivity contribution in [2.24, 2.45) is 0 Å². The van der Waals surface area contributed by atoms with Crippen LogP contribution >= 0.6 is 11.6 Å². The molecule has 1 aromatic carbocycles. The predicted octanol–water partition coefficient (Wildman–Crippen LogP) is 2.31. The Morgan fingerprint density at radius 2 is 2.10 bits per heavy atom. The first-order valence-electron chi connectivity index (χ1n) is 6.42. The van der Waals surface area contributed by atoms with Gasteiger partial charge in [0.1, 0.15) is 0 Å². The van der Waals surface area contributed by atoms with Crippen LogP contribution in [-0.2, 0) is 4.79 Å². The van der Waals surface area contributed by atoms with Gasteiger partial charge in [-0.3, -0.25) is 14.9 Å². The number of halogens is 1. The summed E-state index contributed by atoms with van der Waals surface area (Å²) in [6.45, 7) is 1.83. The number of nitrogens with zero attached hydrogens (tertiary/aromatic N) is 3. The highest BCUT2D eigenvalue weighted by Crippen LogP contribution is 2.29. The Kier molecular flexibility index (Phi) is 4.44. The van der Waals surface area contributed by atoms with Crippen LogP contribution in [0.3, 0.4) is 0 Å². The van der Waals surface area contributed by atoms with Crippen LogP contribution in [0.5, 0.6) is 0 Å². The molecule has 0 bridgehead atoms. The van der Waals surface area contributed by atoms with Gasteiger partial charge in [-0.1, -0.05) is 11.6 Å². The number of nitro benzene ring substituents is 1. The van der Waals surface area contributed by atoms with E-state index >= 15 is 0 Å². The number of anilines is 1. The van der Waals surface area contributed by atoms with Gasteiger partial charge in [0, 0.05) is 32.3 Å². The molecule has 0 atom stereocenters. The van der Waals surface area contributed by atoms with Gasteiger partial charge in [-0.05, 0) is 18.9 Å². The second-order valence-corrected chi connectivity index (χ2v) is 5.24. The smallest absolute Gasteiger partial charge is 0.271 e. The maximum Gasteiger partial charge on any atom is 0.271 e. The molecule has 1 aliphatic heterocycles. The fourth-order valence-corrected chi connectivity index (χ4v) is 2.59. The van der Waals surface area contributed by atoms with Crippen LogP contribution in [0.25, 0.3) is 0 Å². The molecule has 7 heteroatoms. The Morgan fingerprint density at radius 1 is 1.45 bits per heavy atom. The van der Waals surface area contributed by atoms with Gasteiger partial charge in [-0.15, -0.1) is 0 Å². The number of nitro groups is 1. The van der Waals surface area contributed by atoms with E-state index in [1.807, 2.05) is 4.90 Å². The minimum absolute atomic E-state index is 0.0550. The molecule has 20 heavy (non-hydrogen) atoms. The van der Waals surface area contributed by atoms with Crippen molar-refractivity contribution in [3.8, 4) is 0 Å². The maximum absolute atomic E-state index is 12.0. The molecular formula is C13H16ClN3O3. The van der Waals surface area contributed by atoms with E-state index in [1.165, 1.54) is 12.1 Å². The van der Waals surface area contributed by atoms with Crippen molar-refractivity contribution in [3.63, 3.8) is 0 Å². The SMILES string of the molecule is CN(CC(=O)N1CCCC1)c1ccc([N+](=O)[O-])cc1Cl. The van der Waals surface area contributed by atoms with Crippen LogP contribution < -0.4 is 4.90 Å². The summed E-state index contributed by atoms with van der Waals surface area (Å²) in [4.78, 5) is 25.8. The van der Waals surface area contributed by atoms with Crippen molar-refractivity contribution >= 4 is 28.9 Å². The monoisotopic (exact) mass is 297 g/mol. The summed E-state index contributed by atoms with van der Waals surface area (Å²) in [5.41, 5.74) is 0.558. The van der Waals surface area contributed by atoms with Crippen LogP contribution in [-0.4, -0.2) is 42.4 Å². The number of likely N-dealkylation sites (N-methyl/N-ethyl adjacent to an activating group) is 1. The first-order valence-corrected chi connectivity index (χ1v) is 6.79. The minimum Gasteiger partial charge on any atom is -0.364 e. The highest BCUT2D eigenvalue weighted by atomic mass is 35.5. The Morgan fingerprint density at radius 3 is 2.65 bits per heavy atom. The van der Waals surface area contributed by atoms with Gasteiger partial charge in [0.2, 0.25) is 5.91 Å². The summed E-state index contributed by atoms with van der Waals surface area (Å²) in [6, 6.07) is 4.25. The number of benzene rings is 1. The summed E-state index contributed by atoms with van der Waals surface area (Å²) in [5, 5.41) is 10.9. The molecular weight excluding hydrogens is 282 g/mol. The van der Waals surface area contributed by atoms with Gasteiger partial charge in [0.25, 0.3) is 5.69 Å². The molecule has 0 unspecified atom stereocenters. The first kappa shape index (κ1) is 14.6. The molecule has 0 saturated carbocycles. The van der Waals surface area contributed by atoms with Crippen molar-refractivity contribution in [1.29, 1.82) is 0 Å². The Labute approximate surface area is 122 Å². The number of hydrogen-bond acceptors (Lipinski definition) is 4. The number of amides is 1. The van der Waals surface area contributed by atoms with Gasteiger partial charge < -0.3 is 9.80 Å². The first-order chi connectivity index (χ1) is 9.49. The third kappa shape index (κ3) is 3.19. The highest BCUT2D eigenvalue weighted by molar-refractivity contribution is 6.33. The molecule has 0 spiro atoms. The zero-order chi connectivity index (χ0) is 14.7. The molecule has 1 amide bonds. The van der Waals surface area contributed by atoms with Crippen LogP contribution in [0.4, 0.5) is 11.4 Å². The fraction of sp³-hybridized carbons (Fsp3) is 0.462. The molecule has 0 aliphatic carbocycles. The Bertz CT molecular complexity index is 530. The number of carbonyl (C=O) groups is 1. The summed E-state index contributed by atoms with van der Waals surface area (Å²) < 4.78 is 0. The quantitative estimate of drug-likeness (QED) is 0.632. The van der Waals surface area contributed by atoms with E-state index < -0.39 is 4.92 Å². The average Bonchev–Trinajstić information content (AvgIpc) is 2.92. The van der Waals surface area contributed by atoms with E-state index in [2.05, 4.69) is 0 Å². The summed E-state index contributed by atoms with van der Waals surface area (Å²) in [7, 11) is 1.75. The van der Waals surface area contributed by atoms with Gasteiger partial charge in [-0.25, -0.2) is 0 Å². The normalized spacial score (nSPS) is 14.4. The lowest BCUT2D eigenvalue weighted by molar-refractivity contribution is -0.384. The topological polar surface area (TPSA) is 66.7 Å². The lowest BCUT2D eigenvalue weighted by Gasteiger charge is -2.23. The molecule has 0 N–H and O–H groups in total. The van der Waals surface area contributed by atoms with Crippen molar-refractivity contribution in [2.75, 3.05) is 31.6 Å². The molecule has 1 aliphatic rings. The van der Waals surface area contributed by atoms with Crippen LogP contribution in [0.15, 0.2) is 18.2 Å². The predicted molar refractivity (Wildman–Crippen MR) is 77.2 cm³/mol. The van der Waals surface area contributed by atoms with E-state index in [0.717, 1.165) is 25.9 Å². The molecule has 1 heterocycles. The zero-order valence-electron chi connectivity index (χ0n) is 11.2.